The molecular weight excluding hydrogens is 214 g/mol. The molecule has 2 heterocycles. The molecule has 0 spiro atoms. The van der Waals surface area contributed by atoms with Gasteiger partial charge in [-0.1, -0.05) is 0 Å². The Labute approximate surface area is 101 Å². The average Bonchev–Trinajstić information content (AvgIpc) is 2.90. The van der Waals surface area contributed by atoms with Crippen molar-refractivity contribution in [3.05, 3.63) is 36.2 Å². The van der Waals surface area contributed by atoms with Crippen LogP contribution in [-0.4, -0.2) is 26.4 Å². The summed E-state index contributed by atoms with van der Waals surface area (Å²) in [6, 6.07) is 2.34. The molecule has 0 aliphatic heterocycles. The number of hydrogen-bond donors (Lipinski definition) is 1. The fourth-order valence-corrected chi connectivity index (χ4v) is 1.97. The van der Waals surface area contributed by atoms with Crippen LogP contribution in [0.1, 0.15) is 24.0 Å². The van der Waals surface area contributed by atoms with Gasteiger partial charge in [0.2, 0.25) is 0 Å². The molecule has 1 atom stereocenters. The van der Waals surface area contributed by atoms with E-state index in [-0.39, 0.29) is 6.04 Å². The van der Waals surface area contributed by atoms with E-state index in [4.69, 9.17) is 0 Å². The highest BCUT2D eigenvalue weighted by Crippen LogP contribution is 2.16. The molecule has 0 aromatic carbocycles. The van der Waals surface area contributed by atoms with E-state index in [2.05, 4.69) is 26.0 Å². The predicted molar refractivity (Wildman–Crippen MR) is 66.5 cm³/mol. The summed E-state index contributed by atoms with van der Waals surface area (Å²) in [6.07, 6.45) is 7.74. The molecule has 2 rings (SSSR count). The largest absolute Gasteiger partial charge is 0.338 e. The lowest BCUT2D eigenvalue weighted by atomic mass is 10.1. The summed E-state index contributed by atoms with van der Waals surface area (Å²) in [5.41, 5.74) is 1.09. The van der Waals surface area contributed by atoms with Crippen LogP contribution in [0, 0.1) is 0 Å². The Balaban J connectivity index is 1.99. The topological polar surface area (TPSA) is 47.7 Å². The fourth-order valence-electron chi connectivity index (χ4n) is 1.97. The molecule has 0 radical (unpaired) electrons. The van der Waals surface area contributed by atoms with Gasteiger partial charge >= 0.3 is 0 Å². The van der Waals surface area contributed by atoms with Gasteiger partial charge in [0.25, 0.3) is 0 Å². The Bertz CT molecular complexity index is 471. The van der Waals surface area contributed by atoms with Crippen LogP contribution in [0.25, 0.3) is 0 Å². The van der Waals surface area contributed by atoms with Crippen molar-refractivity contribution in [2.45, 2.75) is 18.9 Å². The number of nitrogens with one attached hydrogen (secondary N) is 1. The highest BCUT2D eigenvalue weighted by Gasteiger charge is 2.13. The monoisotopic (exact) mass is 233 g/mol. The van der Waals surface area contributed by atoms with Crippen molar-refractivity contribution in [3.63, 3.8) is 0 Å². The van der Waals surface area contributed by atoms with E-state index in [0.29, 0.717) is 0 Å². The van der Waals surface area contributed by atoms with Gasteiger partial charge in [0, 0.05) is 39.1 Å². The first-order chi connectivity index (χ1) is 8.20. The first-order valence-corrected chi connectivity index (χ1v) is 5.83. The first-order valence-electron chi connectivity index (χ1n) is 5.83. The molecule has 0 aliphatic rings. The number of rotatable bonds is 5. The second kappa shape index (κ2) is 5.14. The molecule has 0 bridgehead atoms. The normalized spacial score (nSPS) is 12.9. The first kappa shape index (κ1) is 11.9. The number of aryl methyl sites for hydroxylation is 3. The molecular formula is C12H19N5. The minimum Gasteiger partial charge on any atom is -0.338 e. The highest BCUT2D eigenvalue weighted by molar-refractivity contribution is 5.06. The molecule has 5 nitrogen and oxygen atoms in total. The number of aromatic nitrogens is 4. The molecule has 0 amide bonds. The summed E-state index contributed by atoms with van der Waals surface area (Å²) in [4.78, 5) is 4.33. The van der Waals surface area contributed by atoms with Gasteiger partial charge < -0.3 is 9.88 Å². The summed E-state index contributed by atoms with van der Waals surface area (Å²) >= 11 is 0. The molecule has 92 valence electrons. The van der Waals surface area contributed by atoms with Crippen LogP contribution >= 0.6 is 0 Å². The lowest BCUT2D eigenvalue weighted by Crippen LogP contribution is -2.18. The summed E-state index contributed by atoms with van der Waals surface area (Å²) in [6.45, 7) is 0. The predicted octanol–water partition coefficient (Wildman–Crippen LogP) is 1.05. The maximum Gasteiger partial charge on any atom is 0.108 e. The third-order valence-corrected chi connectivity index (χ3v) is 3.02. The van der Waals surface area contributed by atoms with Crippen LogP contribution < -0.4 is 5.32 Å². The minimum absolute atomic E-state index is 0.285. The van der Waals surface area contributed by atoms with E-state index in [1.54, 1.807) is 0 Å². The van der Waals surface area contributed by atoms with Crippen molar-refractivity contribution in [1.29, 1.82) is 0 Å². The highest BCUT2D eigenvalue weighted by atomic mass is 15.3. The molecule has 1 N–H and O–H groups in total. The second-order valence-corrected chi connectivity index (χ2v) is 4.25. The van der Waals surface area contributed by atoms with Crippen LogP contribution in [0.5, 0.6) is 0 Å². The van der Waals surface area contributed by atoms with Gasteiger partial charge in [-0.15, -0.1) is 0 Å². The molecule has 1 unspecified atom stereocenters. The molecule has 0 fully saturated rings. The van der Waals surface area contributed by atoms with Gasteiger partial charge in [-0.3, -0.25) is 4.68 Å². The number of nitrogens with zero attached hydrogens (tertiary/aromatic N) is 4. The van der Waals surface area contributed by atoms with Crippen LogP contribution in [0.15, 0.2) is 24.7 Å². The quantitative estimate of drug-likeness (QED) is 0.839. The summed E-state index contributed by atoms with van der Waals surface area (Å²) in [5, 5.41) is 7.73. The van der Waals surface area contributed by atoms with Crippen molar-refractivity contribution in [2.24, 2.45) is 14.1 Å². The Kier molecular flexibility index (Phi) is 3.58. The van der Waals surface area contributed by atoms with Gasteiger partial charge in [0.05, 0.1) is 11.7 Å². The lowest BCUT2D eigenvalue weighted by molar-refractivity contribution is 0.516. The molecule has 2 aromatic heterocycles. The third-order valence-electron chi connectivity index (χ3n) is 3.02. The second-order valence-electron chi connectivity index (χ2n) is 4.25. The Morgan fingerprint density at radius 2 is 2.18 bits per heavy atom. The maximum atomic E-state index is 4.43. The lowest BCUT2D eigenvalue weighted by Gasteiger charge is -2.13. The third kappa shape index (κ3) is 2.74. The zero-order valence-corrected chi connectivity index (χ0v) is 10.6. The van der Waals surface area contributed by atoms with Crippen LogP contribution in [-0.2, 0) is 20.5 Å². The van der Waals surface area contributed by atoms with Gasteiger partial charge in [0.15, 0.2) is 0 Å². The molecule has 0 aliphatic carbocycles. The zero-order valence-electron chi connectivity index (χ0n) is 10.6. The van der Waals surface area contributed by atoms with Crippen molar-refractivity contribution < 1.29 is 0 Å². The van der Waals surface area contributed by atoms with Gasteiger partial charge in [-0.25, -0.2) is 4.98 Å². The van der Waals surface area contributed by atoms with Crippen LogP contribution in [0.2, 0.25) is 0 Å². The molecule has 5 heteroatoms. The Morgan fingerprint density at radius 1 is 1.35 bits per heavy atom. The van der Waals surface area contributed by atoms with Crippen molar-refractivity contribution in [2.75, 3.05) is 7.05 Å². The number of hydrogen-bond acceptors (Lipinski definition) is 3. The Morgan fingerprint density at radius 3 is 2.71 bits per heavy atom. The minimum atomic E-state index is 0.285. The van der Waals surface area contributed by atoms with E-state index in [1.165, 1.54) is 0 Å². The maximum absolute atomic E-state index is 4.43. The summed E-state index contributed by atoms with van der Waals surface area (Å²) in [7, 11) is 5.93. The van der Waals surface area contributed by atoms with Gasteiger partial charge in [0.1, 0.15) is 5.82 Å². The molecule has 17 heavy (non-hydrogen) atoms. The van der Waals surface area contributed by atoms with E-state index in [0.717, 1.165) is 24.4 Å². The Hall–Kier alpha value is -1.62. The standard InChI is InChI=1S/C12H19N5/c1-13-10(11-6-8-17(3)15-11)4-5-12-14-7-9-16(12)2/h6-10,13H,4-5H2,1-3H3. The van der Waals surface area contributed by atoms with E-state index in [9.17, 15) is 0 Å². The fraction of sp³-hybridized carbons (Fsp3) is 0.500. The molecule has 0 saturated carbocycles. The van der Waals surface area contributed by atoms with Crippen molar-refractivity contribution in [3.8, 4) is 0 Å². The zero-order chi connectivity index (χ0) is 12.3. The van der Waals surface area contributed by atoms with Gasteiger partial charge in [-0.05, 0) is 19.5 Å². The smallest absolute Gasteiger partial charge is 0.108 e. The van der Waals surface area contributed by atoms with Crippen LogP contribution in [0.4, 0.5) is 0 Å². The summed E-state index contributed by atoms with van der Waals surface area (Å²) < 4.78 is 3.89. The molecule has 0 saturated heterocycles. The van der Waals surface area contributed by atoms with Gasteiger partial charge in [-0.2, -0.15) is 5.10 Å². The van der Waals surface area contributed by atoms with E-state index >= 15 is 0 Å². The number of imidazole rings is 1. The molecule has 2 aromatic rings. The summed E-state index contributed by atoms with van der Waals surface area (Å²) in [5.74, 6) is 1.11. The van der Waals surface area contributed by atoms with Crippen LogP contribution in [0.3, 0.4) is 0 Å². The SMILES string of the molecule is CNC(CCc1nccn1C)c1ccn(C)n1. The van der Waals surface area contributed by atoms with E-state index in [1.807, 2.05) is 44.4 Å². The van der Waals surface area contributed by atoms with Crippen molar-refractivity contribution in [1.82, 2.24) is 24.6 Å². The average molecular weight is 233 g/mol. The van der Waals surface area contributed by atoms with E-state index < -0.39 is 0 Å². The van der Waals surface area contributed by atoms with Crippen molar-refractivity contribution >= 4 is 0 Å².